The second-order valence-electron chi connectivity index (χ2n) is 6.62. The summed E-state index contributed by atoms with van der Waals surface area (Å²) in [5.41, 5.74) is 1.77. The summed E-state index contributed by atoms with van der Waals surface area (Å²) >= 11 is 0. The van der Waals surface area contributed by atoms with Crippen molar-refractivity contribution in [1.82, 2.24) is 0 Å². The lowest BCUT2D eigenvalue weighted by Crippen LogP contribution is -2.17. The highest BCUT2D eigenvalue weighted by Gasteiger charge is 2.14. The monoisotopic (exact) mass is 220 g/mol. The Morgan fingerprint density at radius 1 is 0.875 bits per heavy atom. The standard InChI is InChI=1S/C15H24O/c1-14(2,3)11-16-13-9-7-12(8-10-13)15(4,5)6/h7-10H,11H2,1-6H3. The minimum atomic E-state index is 0.211. The van der Waals surface area contributed by atoms with Crippen LogP contribution in [0, 0.1) is 5.41 Å². The van der Waals surface area contributed by atoms with Crippen LogP contribution in [0.1, 0.15) is 47.1 Å². The van der Waals surface area contributed by atoms with Crippen molar-refractivity contribution in [1.29, 1.82) is 0 Å². The fourth-order valence-corrected chi connectivity index (χ4v) is 1.35. The van der Waals surface area contributed by atoms with Crippen LogP contribution in [-0.4, -0.2) is 6.61 Å². The Morgan fingerprint density at radius 3 is 1.75 bits per heavy atom. The molecule has 0 fully saturated rings. The molecule has 0 aliphatic carbocycles. The average Bonchev–Trinajstić information content (AvgIpc) is 2.13. The summed E-state index contributed by atoms with van der Waals surface area (Å²) in [5, 5.41) is 0. The van der Waals surface area contributed by atoms with Crippen LogP contribution in [0.15, 0.2) is 24.3 Å². The van der Waals surface area contributed by atoms with Gasteiger partial charge in [-0.25, -0.2) is 0 Å². The third-order valence-electron chi connectivity index (χ3n) is 2.39. The van der Waals surface area contributed by atoms with Gasteiger partial charge in [0.05, 0.1) is 6.61 Å². The van der Waals surface area contributed by atoms with Crippen molar-refractivity contribution in [3.05, 3.63) is 29.8 Å². The van der Waals surface area contributed by atoms with Gasteiger partial charge in [0, 0.05) is 0 Å². The highest BCUT2D eigenvalue weighted by molar-refractivity contribution is 5.31. The van der Waals surface area contributed by atoms with Gasteiger partial charge in [-0.1, -0.05) is 53.7 Å². The van der Waals surface area contributed by atoms with Gasteiger partial charge in [0.1, 0.15) is 5.75 Å². The van der Waals surface area contributed by atoms with Crippen LogP contribution < -0.4 is 4.74 Å². The molecule has 0 aromatic heterocycles. The van der Waals surface area contributed by atoms with Crippen molar-refractivity contribution in [3.63, 3.8) is 0 Å². The number of benzene rings is 1. The normalized spacial score (nSPS) is 12.6. The molecular weight excluding hydrogens is 196 g/mol. The second kappa shape index (κ2) is 4.48. The Bertz CT molecular complexity index is 322. The summed E-state index contributed by atoms with van der Waals surface area (Å²) in [4.78, 5) is 0. The van der Waals surface area contributed by atoms with Gasteiger partial charge in [-0.2, -0.15) is 0 Å². The second-order valence-corrected chi connectivity index (χ2v) is 6.62. The first kappa shape index (κ1) is 13.1. The number of ether oxygens (including phenoxy) is 1. The molecule has 0 saturated heterocycles. The highest BCUT2D eigenvalue weighted by atomic mass is 16.5. The Labute approximate surface area is 99.8 Å². The summed E-state index contributed by atoms with van der Waals surface area (Å²) in [5.74, 6) is 0.961. The predicted molar refractivity (Wildman–Crippen MR) is 70.1 cm³/mol. The molecule has 0 N–H and O–H groups in total. The zero-order chi connectivity index (χ0) is 12.4. The zero-order valence-electron chi connectivity index (χ0n) is 11.4. The van der Waals surface area contributed by atoms with Crippen LogP contribution in [0.4, 0.5) is 0 Å². The molecule has 1 aromatic carbocycles. The number of rotatable bonds is 2. The van der Waals surface area contributed by atoms with Crippen LogP contribution >= 0.6 is 0 Å². The van der Waals surface area contributed by atoms with E-state index in [4.69, 9.17) is 4.74 Å². The molecule has 0 aliphatic rings. The minimum Gasteiger partial charge on any atom is -0.493 e. The number of hydrogen-bond donors (Lipinski definition) is 0. The number of hydrogen-bond acceptors (Lipinski definition) is 1. The van der Waals surface area contributed by atoms with Gasteiger partial charge in [0.2, 0.25) is 0 Å². The molecule has 16 heavy (non-hydrogen) atoms. The first-order valence-electron chi connectivity index (χ1n) is 5.92. The van der Waals surface area contributed by atoms with Crippen molar-refractivity contribution < 1.29 is 4.74 Å². The molecule has 90 valence electrons. The first-order chi connectivity index (χ1) is 7.18. The van der Waals surface area contributed by atoms with Crippen molar-refractivity contribution in [2.75, 3.05) is 6.61 Å². The fraction of sp³-hybridized carbons (Fsp3) is 0.600. The van der Waals surface area contributed by atoms with Crippen molar-refractivity contribution in [2.45, 2.75) is 47.0 Å². The lowest BCUT2D eigenvalue weighted by atomic mass is 9.87. The largest absolute Gasteiger partial charge is 0.493 e. The third-order valence-corrected chi connectivity index (χ3v) is 2.39. The zero-order valence-corrected chi connectivity index (χ0v) is 11.4. The summed E-state index contributed by atoms with van der Waals surface area (Å²) in [6.07, 6.45) is 0. The molecule has 0 atom stereocenters. The Morgan fingerprint density at radius 2 is 1.38 bits per heavy atom. The molecule has 0 saturated carbocycles. The van der Waals surface area contributed by atoms with Crippen LogP contribution in [0.2, 0.25) is 0 Å². The van der Waals surface area contributed by atoms with E-state index in [-0.39, 0.29) is 10.8 Å². The van der Waals surface area contributed by atoms with E-state index in [0.29, 0.717) is 0 Å². The summed E-state index contributed by atoms with van der Waals surface area (Å²) in [6, 6.07) is 8.43. The molecule has 1 heteroatoms. The van der Waals surface area contributed by atoms with Gasteiger partial charge in [-0.15, -0.1) is 0 Å². The Hall–Kier alpha value is -0.980. The van der Waals surface area contributed by atoms with E-state index in [1.807, 2.05) is 0 Å². The maximum Gasteiger partial charge on any atom is 0.119 e. The maximum absolute atomic E-state index is 5.74. The van der Waals surface area contributed by atoms with E-state index >= 15 is 0 Å². The average molecular weight is 220 g/mol. The van der Waals surface area contributed by atoms with Gasteiger partial charge in [0.25, 0.3) is 0 Å². The van der Waals surface area contributed by atoms with E-state index < -0.39 is 0 Å². The van der Waals surface area contributed by atoms with Crippen LogP contribution in [0.3, 0.4) is 0 Å². The van der Waals surface area contributed by atoms with E-state index in [1.165, 1.54) is 5.56 Å². The van der Waals surface area contributed by atoms with Crippen molar-refractivity contribution in [3.8, 4) is 5.75 Å². The SMILES string of the molecule is CC(C)(C)COc1ccc(C(C)(C)C)cc1. The topological polar surface area (TPSA) is 9.23 Å². The fourth-order valence-electron chi connectivity index (χ4n) is 1.35. The van der Waals surface area contributed by atoms with Crippen molar-refractivity contribution in [2.24, 2.45) is 5.41 Å². The predicted octanol–water partition coefficient (Wildman–Crippen LogP) is 4.41. The molecule has 0 bridgehead atoms. The molecule has 1 rings (SSSR count). The first-order valence-corrected chi connectivity index (χ1v) is 5.92. The lowest BCUT2D eigenvalue weighted by molar-refractivity contribution is 0.198. The molecule has 0 spiro atoms. The Balaban J connectivity index is 2.66. The van der Waals surface area contributed by atoms with E-state index in [9.17, 15) is 0 Å². The molecule has 0 aliphatic heterocycles. The highest BCUT2D eigenvalue weighted by Crippen LogP contribution is 2.25. The molecule has 0 heterocycles. The minimum absolute atomic E-state index is 0.211. The summed E-state index contributed by atoms with van der Waals surface area (Å²) in [6.45, 7) is 13.9. The van der Waals surface area contributed by atoms with Crippen molar-refractivity contribution >= 4 is 0 Å². The molecule has 1 aromatic rings. The molecule has 0 amide bonds. The van der Waals surface area contributed by atoms with E-state index in [0.717, 1.165) is 12.4 Å². The van der Waals surface area contributed by atoms with Gasteiger partial charge < -0.3 is 4.74 Å². The summed E-state index contributed by atoms with van der Waals surface area (Å²) in [7, 11) is 0. The van der Waals surface area contributed by atoms with Crippen LogP contribution in [0.5, 0.6) is 5.75 Å². The van der Waals surface area contributed by atoms with Crippen LogP contribution in [0.25, 0.3) is 0 Å². The van der Waals surface area contributed by atoms with E-state index in [2.05, 4.69) is 65.8 Å². The summed E-state index contributed by atoms with van der Waals surface area (Å²) < 4.78 is 5.74. The van der Waals surface area contributed by atoms with E-state index in [1.54, 1.807) is 0 Å². The van der Waals surface area contributed by atoms with Gasteiger partial charge in [-0.3, -0.25) is 0 Å². The molecule has 0 unspecified atom stereocenters. The lowest BCUT2D eigenvalue weighted by Gasteiger charge is -2.21. The molecule has 0 radical (unpaired) electrons. The third kappa shape index (κ3) is 4.26. The maximum atomic E-state index is 5.74. The smallest absolute Gasteiger partial charge is 0.119 e. The quantitative estimate of drug-likeness (QED) is 0.717. The molecule has 1 nitrogen and oxygen atoms in total. The van der Waals surface area contributed by atoms with Crippen LogP contribution in [-0.2, 0) is 5.41 Å². The van der Waals surface area contributed by atoms with Gasteiger partial charge in [-0.05, 0) is 28.5 Å². The van der Waals surface area contributed by atoms with Gasteiger partial charge >= 0.3 is 0 Å². The van der Waals surface area contributed by atoms with Gasteiger partial charge in [0.15, 0.2) is 0 Å². The molecular formula is C15H24O. The Kier molecular flexibility index (Phi) is 3.67.